The lowest BCUT2D eigenvalue weighted by atomic mass is 9.94. The van der Waals surface area contributed by atoms with Crippen molar-refractivity contribution in [3.63, 3.8) is 0 Å². The van der Waals surface area contributed by atoms with Crippen molar-refractivity contribution in [2.45, 2.75) is 26.2 Å². The molecule has 0 aliphatic rings. The minimum atomic E-state index is -0.266. The molecule has 0 fully saturated rings. The first-order valence-corrected chi connectivity index (χ1v) is 6.36. The van der Waals surface area contributed by atoms with E-state index in [4.69, 9.17) is 18.9 Å². The highest BCUT2D eigenvalue weighted by atomic mass is 16.5. The molecule has 0 aliphatic heterocycles. The smallest absolute Gasteiger partial charge is 0.306 e. The number of benzene rings is 1. The summed E-state index contributed by atoms with van der Waals surface area (Å²) in [4.78, 5) is 11.4. The van der Waals surface area contributed by atoms with Gasteiger partial charge in [0.25, 0.3) is 0 Å². The molecule has 5 heteroatoms. The summed E-state index contributed by atoms with van der Waals surface area (Å²) in [6.07, 6.45) is 0.266. The van der Waals surface area contributed by atoms with E-state index in [9.17, 15) is 4.79 Å². The quantitative estimate of drug-likeness (QED) is 0.751. The Morgan fingerprint density at radius 3 is 2.15 bits per heavy atom. The molecule has 0 heterocycles. The van der Waals surface area contributed by atoms with Gasteiger partial charge in [-0.15, -0.1) is 0 Å². The average molecular weight is 282 g/mol. The molecule has 0 N–H and O–H groups in total. The molecule has 0 spiro atoms. The van der Waals surface area contributed by atoms with Crippen molar-refractivity contribution in [1.29, 1.82) is 0 Å². The molecule has 1 aromatic rings. The van der Waals surface area contributed by atoms with Crippen molar-refractivity contribution < 1.29 is 23.7 Å². The maximum Gasteiger partial charge on any atom is 0.306 e. The highest BCUT2D eigenvalue weighted by Crippen LogP contribution is 2.43. The summed E-state index contributed by atoms with van der Waals surface area (Å²) in [5.74, 6) is 1.62. The first-order valence-electron chi connectivity index (χ1n) is 6.36. The highest BCUT2D eigenvalue weighted by molar-refractivity contribution is 5.71. The zero-order valence-electron chi connectivity index (χ0n) is 12.9. The largest absolute Gasteiger partial charge is 0.496 e. The zero-order valence-corrected chi connectivity index (χ0v) is 12.9. The van der Waals surface area contributed by atoms with Crippen LogP contribution in [0.15, 0.2) is 6.07 Å². The highest BCUT2D eigenvalue weighted by Gasteiger charge is 2.23. The van der Waals surface area contributed by atoms with Gasteiger partial charge in [0, 0.05) is 11.1 Å². The van der Waals surface area contributed by atoms with E-state index in [1.807, 2.05) is 19.9 Å². The summed E-state index contributed by atoms with van der Waals surface area (Å²) in [6, 6.07) is 1.88. The van der Waals surface area contributed by atoms with Gasteiger partial charge >= 0.3 is 5.97 Å². The van der Waals surface area contributed by atoms with Crippen LogP contribution >= 0.6 is 0 Å². The van der Waals surface area contributed by atoms with Crippen LogP contribution in [0.25, 0.3) is 0 Å². The van der Waals surface area contributed by atoms with Crippen molar-refractivity contribution in [3.8, 4) is 17.2 Å². The van der Waals surface area contributed by atoms with Crippen LogP contribution in [-0.2, 0) is 9.53 Å². The molecule has 0 radical (unpaired) electrons. The van der Waals surface area contributed by atoms with Gasteiger partial charge in [0.15, 0.2) is 11.5 Å². The monoisotopic (exact) mass is 282 g/mol. The third kappa shape index (κ3) is 3.15. The van der Waals surface area contributed by atoms with Gasteiger partial charge in [-0.3, -0.25) is 4.79 Å². The minimum absolute atomic E-state index is 0.0687. The molecule has 20 heavy (non-hydrogen) atoms. The number of hydrogen-bond acceptors (Lipinski definition) is 5. The normalized spacial score (nSPS) is 11.7. The Kier molecular flexibility index (Phi) is 5.67. The maximum absolute atomic E-state index is 11.4. The molecule has 1 unspecified atom stereocenters. The molecule has 0 saturated heterocycles. The average Bonchev–Trinajstić information content (AvgIpc) is 2.45. The Bertz CT molecular complexity index is 482. The van der Waals surface area contributed by atoms with Gasteiger partial charge < -0.3 is 18.9 Å². The Hall–Kier alpha value is -1.91. The van der Waals surface area contributed by atoms with E-state index in [0.717, 1.165) is 11.1 Å². The fourth-order valence-corrected chi connectivity index (χ4v) is 2.21. The molecular weight excluding hydrogens is 260 g/mol. The number of carbonyl (C=O) groups is 1. The predicted molar refractivity (Wildman–Crippen MR) is 75.9 cm³/mol. The van der Waals surface area contributed by atoms with E-state index in [1.165, 1.54) is 7.11 Å². The molecule has 1 rings (SSSR count). The van der Waals surface area contributed by atoms with Crippen molar-refractivity contribution >= 4 is 5.97 Å². The lowest BCUT2D eigenvalue weighted by Gasteiger charge is -2.21. The van der Waals surface area contributed by atoms with Gasteiger partial charge in [-0.05, 0) is 18.9 Å². The Labute approximate surface area is 119 Å². The topological polar surface area (TPSA) is 54.0 Å². The summed E-state index contributed by atoms with van der Waals surface area (Å²) in [5.41, 5.74) is 1.72. The molecule has 0 amide bonds. The standard InChI is InChI=1S/C15H22O5/c1-9(7-13(16)18-4)11-8-12(17-3)10(2)14(19-5)15(11)20-6/h8-9H,7H2,1-6H3. The molecule has 0 aliphatic carbocycles. The third-order valence-corrected chi connectivity index (χ3v) is 3.32. The third-order valence-electron chi connectivity index (χ3n) is 3.32. The minimum Gasteiger partial charge on any atom is -0.496 e. The first kappa shape index (κ1) is 16.1. The van der Waals surface area contributed by atoms with E-state index >= 15 is 0 Å². The van der Waals surface area contributed by atoms with Crippen LogP contribution in [-0.4, -0.2) is 34.4 Å². The van der Waals surface area contributed by atoms with Gasteiger partial charge in [-0.2, -0.15) is 0 Å². The number of esters is 1. The summed E-state index contributed by atoms with van der Waals surface area (Å²) in [5, 5.41) is 0. The number of ether oxygens (including phenoxy) is 4. The van der Waals surface area contributed by atoms with Gasteiger partial charge in [0.05, 0.1) is 34.9 Å². The van der Waals surface area contributed by atoms with Crippen LogP contribution in [0.2, 0.25) is 0 Å². The second kappa shape index (κ2) is 7.03. The number of carbonyl (C=O) groups excluding carboxylic acids is 1. The summed E-state index contributed by atoms with van der Waals surface area (Å²) in [7, 11) is 6.14. The van der Waals surface area contributed by atoms with Gasteiger partial charge in [-0.1, -0.05) is 6.92 Å². The molecule has 0 aromatic heterocycles. The molecular formula is C15H22O5. The van der Waals surface area contributed by atoms with Crippen molar-refractivity contribution in [2.24, 2.45) is 0 Å². The fourth-order valence-electron chi connectivity index (χ4n) is 2.21. The molecule has 5 nitrogen and oxygen atoms in total. The van der Waals surface area contributed by atoms with E-state index in [0.29, 0.717) is 17.2 Å². The number of rotatable bonds is 6. The van der Waals surface area contributed by atoms with Crippen LogP contribution in [0.1, 0.15) is 30.4 Å². The fraction of sp³-hybridized carbons (Fsp3) is 0.533. The summed E-state index contributed by atoms with van der Waals surface area (Å²) < 4.78 is 20.9. The van der Waals surface area contributed by atoms with Crippen LogP contribution in [0, 0.1) is 6.92 Å². The van der Waals surface area contributed by atoms with Gasteiger partial charge in [0.1, 0.15) is 5.75 Å². The second-order valence-corrected chi connectivity index (χ2v) is 4.54. The summed E-state index contributed by atoms with van der Waals surface area (Å²) in [6.45, 7) is 3.83. The van der Waals surface area contributed by atoms with Crippen LogP contribution < -0.4 is 14.2 Å². The Morgan fingerprint density at radius 2 is 1.70 bits per heavy atom. The predicted octanol–water partition coefficient (Wildman–Crippen LogP) is 2.69. The van der Waals surface area contributed by atoms with Crippen LogP contribution in [0.3, 0.4) is 0 Å². The molecule has 1 aromatic carbocycles. The SMILES string of the molecule is COC(=O)CC(C)c1cc(OC)c(C)c(OC)c1OC. The molecule has 0 bridgehead atoms. The lowest BCUT2D eigenvalue weighted by Crippen LogP contribution is -2.09. The Balaban J connectivity index is 3.33. The first-order chi connectivity index (χ1) is 9.49. The number of methoxy groups -OCH3 is 4. The van der Waals surface area contributed by atoms with E-state index < -0.39 is 0 Å². The van der Waals surface area contributed by atoms with E-state index in [1.54, 1.807) is 21.3 Å². The van der Waals surface area contributed by atoms with Gasteiger partial charge in [0.2, 0.25) is 0 Å². The molecule has 112 valence electrons. The Morgan fingerprint density at radius 1 is 1.10 bits per heavy atom. The van der Waals surface area contributed by atoms with E-state index in [-0.39, 0.29) is 18.3 Å². The second-order valence-electron chi connectivity index (χ2n) is 4.54. The van der Waals surface area contributed by atoms with Crippen LogP contribution in [0.4, 0.5) is 0 Å². The maximum atomic E-state index is 11.4. The van der Waals surface area contributed by atoms with Crippen molar-refractivity contribution in [2.75, 3.05) is 28.4 Å². The lowest BCUT2D eigenvalue weighted by molar-refractivity contribution is -0.140. The summed E-state index contributed by atoms with van der Waals surface area (Å²) >= 11 is 0. The van der Waals surface area contributed by atoms with Gasteiger partial charge in [-0.25, -0.2) is 0 Å². The zero-order chi connectivity index (χ0) is 15.3. The number of hydrogen-bond donors (Lipinski definition) is 0. The van der Waals surface area contributed by atoms with Crippen molar-refractivity contribution in [3.05, 3.63) is 17.2 Å². The van der Waals surface area contributed by atoms with Crippen LogP contribution in [0.5, 0.6) is 17.2 Å². The molecule has 0 saturated carbocycles. The van der Waals surface area contributed by atoms with E-state index in [2.05, 4.69) is 0 Å². The molecule has 1 atom stereocenters. The van der Waals surface area contributed by atoms with Crippen molar-refractivity contribution in [1.82, 2.24) is 0 Å².